The van der Waals surface area contributed by atoms with Crippen LogP contribution >= 0.6 is 0 Å². The summed E-state index contributed by atoms with van der Waals surface area (Å²) in [4.78, 5) is 24.6. The zero-order chi connectivity index (χ0) is 12.2. The molecule has 0 N–H and O–H groups in total. The molecule has 88 valence electrons. The molecule has 16 heavy (non-hydrogen) atoms. The average molecular weight is 224 g/mol. The summed E-state index contributed by atoms with van der Waals surface area (Å²) in [7, 11) is 1.29. The van der Waals surface area contributed by atoms with Crippen molar-refractivity contribution in [3.05, 3.63) is 0 Å². The maximum Gasteiger partial charge on any atom is 0.325 e. The van der Waals surface area contributed by atoms with E-state index in [-0.39, 0.29) is 12.5 Å². The molecule has 0 aliphatic heterocycles. The first-order valence-electron chi connectivity index (χ1n) is 5.37. The molecule has 0 bridgehead atoms. The Hall–Kier alpha value is -1.57. The van der Waals surface area contributed by atoms with Gasteiger partial charge in [-0.3, -0.25) is 9.59 Å². The van der Waals surface area contributed by atoms with E-state index >= 15 is 0 Å². The summed E-state index contributed by atoms with van der Waals surface area (Å²) in [6.07, 6.45) is 1.96. The smallest absolute Gasteiger partial charge is 0.325 e. The Morgan fingerprint density at radius 2 is 2.12 bits per heavy atom. The van der Waals surface area contributed by atoms with Crippen molar-refractivity contribution in [3.8, 4) is 6.07 Å². The van der Waals surface area contributed by atoms with Crippen LogP contribution in [0, 0.1) is 16.7 Å². The third kappa shape index (κ3) is 2.51. The zero-order valence-corrected chi connectivity index (χ0v) is 9.65. The van der Waals surface area contributed by atoms with Gasteiger partial charge in [0.2, 0.25) is 5.91 Å². The number of ether oxygens (including phenoxy) is 1. The van der Waals surface area contributed by atoms with E-state index in [0.29, 0.717) is 19.4 Å². The van der Waals surface area contributed by atoms with Crippen molar-refractivity contribution in [2.75, 3.05) is 20.2 Å². The predicted octanol–water partition coefficient (Wildman–Crippen LogP) is 0.702. The molecule has 1 rings (SSSR count). The maximum atomic E-state index is 12.0. The van der Waals surface area contributed by atoms with E-state index in [4.69, 9.17) is 5.26 Å². The first-order chi connectivity index (χ1) is 7.59. The molecule has 0 atom stereocenters. The summed E-state index contributed by atoms with van der Waals surface area (Å²) < 4.78 is 4.53. The first kappa shape index (κ1) is 12.5. The summed E-state index contributed by atoms with van der Waals surface area (Å²) in [5, 5.41) is 8.92. The van der Waals surface area contributed by atoms with Crippen LogP contribution in [0.2, 0.25) is 0 Å². The van der Waals surface area contributed by atoms with Gasteiger partial charge in [0.15, 0.2) is 0 Å². The van der Waals surface area contributed by atoms with E-state index in [0.717, 1.165) is 6.42 Å². The number of esters is 1. The molecule has 0 aromatic rings. The van der Waals surface area contributed by atoms with Crippen molar-refractivity contribution < 1.29 is 14.3 Å². The van der Waals surface area contributed by atoms with Crippen LogP contribution in [-0.4, -0.2) is 37.0 Å². The van der Waals surface area contributed by atoms with Gasteiger partial charge in [-0.1, -0.05) is 6.92 Å². The Bertz CT molecular complexity index is 329. The lowest BCUT2D eigenvalue weighted by molar-refractivity contribution is -0.148. The number of rotatable bonds is 5. The fraction of sp³-hybridized carbons (Fsp3) is 0.727. The Kier molecular flexibility index (Phi) is 3.88. The summed E-state index contributed by atoms with van der Waals surface area (Å²) in [6.45, 7) is 2.34. The molecule has 1 fully saturated rings. The van der Waals surface area contributed by atoms with Crippen LogP contribution in [0.4, 0.5) is 0 Å². The number of nitrogens with zero attached hydrogens (tertiary/aromatic N) is 2. The van der Waals surface area contributed by atoms with Gasteiger partial charge in [0.25, 0.3) is 0 Å². The second kappa shape index (κ2) is 4.97. The summed E-state index contributed by atoms with van der Waals surface area (Å²) in [6, 6.07) is 2.04. The van der Waals surface area contributed by atoms with Gasteiger partial charge in [0.1, 0.15) is 12.0 Å². The minimum Gasteiger partial charge on any atom is -0.468 e. The highest BCUT2D eigenvalue weighted by Crippen LogP contribution is 2.46. The lowest BCUT2D eigenvalue weighted by Crippen LogP contribution is -2.41. The van der Waals surface area contributed by atoms with Crippen LogP contribution in [0.1, 0.15) is 26.2 Å². The highest BCUT2D eigenvalue weighted by atomic mass is 16.5. The zero-order valence-electron chi connectivity index (χ0n) is 9.65. The summed E-state index contributed by atoms with van der Waals surface area (Å²) in [5.74, 6) is -0.683. The standard InChI is InChI=1S/C11H16N2O3/c1-3-6-13(7-9(14)16-2)10(15)11(8-12)4-5-11/h3-7H2,1-2H3. The lowest BCUT2D eigenvalue weighted by Gasteiger charge is -2.22. The minimum absolute atomic E-state index is 0.0629. The van der Waals surface area contributed by atoms with E-state index in [1.165, 1.54) is 12.0 Å². The van der Waals surface area contributed by atoms with Gasteiger partial charge in [-0.05, 0) is 19.3 Å². The molecule has 1 aliphatic carbocycles. The molecular formula is C11H16N2O3. The van der Waals surface area contributed by atoms with Crippen molar-refractivity contribution in [1.29, 1.82) is 5.26 Å². The average Bonchev–Trinajstić information content (AvgIpc) is 3.08. The third-order valence-corrected chi connectivity index (χ3v) is 2.70. The molecule has 5 heteroatoms. The highest BCUT2D eigenvalue weighted by Gasteiger charge is 2.52. The quantitative estimate of drug-likeness (QED) is 0.644. The van der Waals surface area contributed by atoms with Gasteiger partial charge in [-0.15, -0.1) is 0 Å². The first-order valence-corrected chi connectivity index (χ1v) is 5.37. The van der Waals surface area contributed by atoms with E-state index in [1.807, 2.05) is 13.0 Å². The lowest BCUT2D eigenvalue weighted by atomic mass is 10.1. The fourth-order valence-electron chi connectivity index (χ4n) is 1.54. The van der Waals surface area contributed by atoms with E-state index in [1.54, 1.807) is 0 Å². The molecule has 0 heterocycles. The van der Waals surface area contributed by atoms with Crippen LogP contribution in [0.5, 0.6) is 0 Å². The van der Waals surface area contributed by atoms with Gasteiger partial charge in [0, 0.05) is 6.54 Å². The molecule has 1 amide bonds. The Morgan fingerprint density at radius 1 is 1.50 bits per heavy atom. The van der Waals surface area contributed by atoms with Crippen molar-refractivity contribution in [2.45, 2.75) is 26.2 Å². The molecular weight excluding hydrogens is 208 g/mol. The number of amides is 1. The highest BCUT2D eigenvalue weighted by molar-refractivity contribution is 5.90. The molecule has 0 aromatic carbocycles. The second-order valence-corrected chi connectivity index (χ2v) is 4.00. The molecule has 0 saturated heterocycles. The van der Waals surface area contributed by atoms with Gasteiger partial charge < -0.3 is 9.64 Å². The van der Waals surface area contributed by atoms with Gasteiger partial charge in [0.05, 0.1) is 13.2 Å². The number of hydrogen-bond acceptors (Lipinski definition) is 4. The van der Waals surface area contributed by atoms with Crippen molar-refractivity contribution >= 4 is 11.9 Å². The van der Waals surface area contributed by atoms with Crippen molar-refractivity contribution in [3.63, 3.8) is 0 Å². The normalized spacial score (nSPS) is 16.1. The third-order valence-electron chi connectivity index (χ3n) is 2.70. The second-order valence-electron chi connectivity index (χ2n) is 4.00. The van der Waals surface area contributed by atoms with Crippen LogP contribution in [0.15, 0.2) is 0 Å². The Balaban J connectivity index is 2.67. The van der Waals surface area contributed by atoms with Crippen molar-refractivity contribution in [2.24, 2.45) is 5.41 Å². The number of methoxy groups -OCH3 is 1. The number of hydrogen-bond donors (Lipinski definition) is 0. The van der Waals surface area contributed by atoms with E-state index in [9.17, 15) is 9.59 Å². The van der Waals surface area contributed by atoms with E-state index in [2.05, 4.69) is 4.74 Å². The fourth-order valence-corrected chi connectivity index (χ4v) is 1.54. The molecule has 0 spiro atoms. The van der Waals surface area contributed by atoms with Crippen LogP contribution < -0.4 is 0 Å². The molecule has 0 unspecified atom stereocenters. The van der Waals surface area contributed by atoms with Gasteiger partial charge in [-0.25, -0.2) is 0 Å². The van der Waals surface area contributed by atoms with Crippen molar-refractivity contribution in [1.82, 2.24) is 4.90 Å². The van der Waals surface area contributed by atoms with E-state index < -0.39 is 11.4 Å². The maximum absolute atomic E-state index is 12.0. The molecule has 1 aliphatic rings. The topological polar surface area (TPSA) is 70.4 Å². The Morgan fingerprint density at radius 3 is 2.50 bits per heavy atom. The largest absolute Gasteiger partial charge is 0.468 e. The van der Waals surface area contributed by atoms with Gasteiger partial charge >= 0.3 is 5.97 Å². The summed E-state index contributed by atoms with van der Waals surface area (Å²) >= 11 is 0. The molecule has 5 nitrogen and oxygen atoms in total. The number of nitriles is 1. The summed E-state index contributed by atoms with van der Waals surface area (Å²) in [5.41, 5.74) is -0.858. The van der Waals surface area contributed by atoms with Gasteiger partial charge in [-0.2, -0.15) is 5.26 Å². The number of carbonyl (C=O) groups excluding carboxylic acids is 2. The van der Waals surface area contributed by atoms with Crippen LogP contribution in [0.3, 0.4) is 0 Å². The molecule has 0 aromatic heterocycles. The number of carbonyl (C=O) groups is 2. The monoisotopic (exact) mass is 224 g/mol. The minimum atomic E-state index is -0.858. The molecule has 1 saturated carbocycles. The molecule has 0 radical (unpaired) electrons. The predicted molar refractivity (Wildman–Crippen MR) is 56.2 cm³/mol. The van der Waals surface area contributed by atoms with Crippen LogP contribution in [-0.2, 0) is 14.3 Å². The Labute approximate surface area is 95.0 Å². The SMILES string of the molecule is CCCN(CC(=O)OC)C(=O)C1(C#N)CC1. The van der Waals surface area contributed by atoms with Crippen LogP contribution in [0.25, 0.3) is 0 Å².